The second-order valence-corrected chi connectivity index (χ2v) is 10.5. The number of benzene rings is 2. The maximum absolute atomic E-state index is 13.5. The first-order valence-electron chi connectivity index (χ1n) is 12.3. The molecule has 13 nitrogen and oxygen atoms in total. The number of hydrogen-bond acceptors (Lipinski definition) is 8. The molecule has 208 valence electrons. The number of ether oxygens (including phenoxy) is 2. The van der Waals surface area contributed by atoms with Gasteiger partial charge in [-0.1, -0.05) is 0 Å². The number of rotatable bonds is 6. The first kappa shape index (κ1) is 28.1. The lowest BCUT2D eigenvalue weighted by Gasteiger charge is -2.45. The van der Waals surface area contributed by atoms with Crippen LogP contribution < -0.4 is 0 Å². The standard InChI is InChI=1S/C26H28N4O8.H2O/c1-15-13-28(24(32)26(4)22(38-26)18-7-11-20(12-8-18)30(35)36)16(2)14-27(15)23(31)25(3)21(37-25)17-5-9-19(10-6-17)29(33)34;/h5-12,15-16,21-22H,13-14H2,1-4H3;1H2/t15-,16-,21+,22+,25-,26-;/m0./s1. The van der Waals surface area contributed by atoms with Crippen molar-refractivity contribution < 1.29 is 34.4 Å². The predicted molar refractivity (Wildman–Crippen MR) is 137 cm³/mol. The second-order valence-electron chi connectivity index (χ2n) is 10.5. The van der Waals surface area contributed by atoms with E-state index in [1.54, 1.807) is 47.9 Å². The predicted octanol–water partition coefficient (Wildman–Crippen LogP) is 2.49. The molecule has 5 rings (SSSR count). The summed E-state index contributed by atoms with van der Waals surface area (Å²) in [6.07, 6.45) is -1.00. The third-order valence-corrected chi connectivity index (χ3v) is 7.78. The highest BCUT2D eigenvalue weighted by atomic mass is 16.6. The molecule has 39 heavy (non-hydrogen) atoms. The lowest BCUT2D eigenvalue weighted by atomic mass is 9.95. The fourth-order valence-electron chi connectivity index (χ4n) is 5.32. The van der Waals surface area contributed by atoms with Crippen molar-refractivity contribution in [3.63, 3.8) is 0 Å². The van der Waals surface area contributed by atoms with Crippen molar-refractivity contribution in [3.8, 4) is 0 Å². The van der Waals surface area contributed by atoms with E-state index in [4.69, 9.17) is 9.47 Å². The normalized spacial score (nSPS) is 31.2. The van der Waals surface area contributed by atoms with Crippen LogP contribution in [0, 0.1) is 20.2 Å². The number of hydrogen-bond donors (Lipinski definition) is 0. The molecular weight excluding hydrogens is 512 g/mol. The molecule has 0 saturated carbocycles. The minimum atomic E-state index is -1.08. The molecule has 0 aliphatic carbocycles. The molecule has 3 fully saturated rings. The van der Waals surface area contributed by atoms with E-state index in [0.717, 1.165) is 0 Å². The number of amides is 2. The van der Waals surface area contributed by atoms with Gasteiger partial charge in [0.15, 0.2) is 11.2 Å². The summed E-state index contributed by atoms with van der Waals surface area (Å²) in [5, 5.41) is 21.9. The van der Waals surface area contributed by atoms with E-state index in [0.29, 0.717) is 24.2 Å². The molecule has 0 bridgehead atoms. The molecule has 3 heterocycles. The first-order valence-corrected chi connectivity index (χ1v) is 12.3. The Morgan fingerprint density at radius 2 is 1.05 bits per heavy atom. The number of carbonyl (C=O) groups is 2. The van der Waals surface area contributed by atoms with Gasteiger partial charge >= 0.3 is 0 Å². The van der Waals surface area contributed by atoms with Gasteiger partial charge < -0.3 is 24.7 Å². The van der Waals surface area contributed by atoms with Crippen LogP contribution in [0.5, 0.6) is 0 Å². The Balaban J connectivity index is 0.00000353. The molecule has 0 aromatic heterocycles. The number of nitrogens with zero attached hydrogens (tertiary/aromatic N) is 4. The Kier molecular flexibility index (Phi) is 6.96. The Morgan fingerprint density at radius 1 is 0.744 bits per heavy atom. The summed E-state index contributed by atoms with van der Waals surface area (Å²) in [7, 11) is 0. The summed E-state index contributed by atoms with van der Waals surface area (Å²) in [6, 6.07) is 11.4. The van der Waals surface area contributed by atoms with Crippen LogP contribution in [0.25, 0.3) is 0 Å². The molecule has 3 aliphatic rings. The van der Waals surface area contributed by atoms with Crippen molar-refractivity contribution in [2.75, 3.05) is 13.1 Å². The van der Waals surface area contributed by atoms with E-state index in [1.165, 1.54) is 24.3 Å². The molecule has 0 radical (unpaired) electrons. The maximum Gasteiger partial charge on any atom is 0.269 e. The molecule has 2 N–H and O–H groups in total. The highest BCUT2D eigenvalue weighted by Crippen LogP contribution is 2.52. The number of piperazine rings is 1. The Bertz CT molecular complexity index is 1220. The van der Waals surface area contributed by atoms with Crippen LogP contribution in [0.3, 0.4) is 0 Å². The summed E-state index contributed by atoms with van der Waals surface area (Å²) < 4.78 is 11.6. The molecule has 3 aliphatic heterocycles. The van der Waals surface area contributed by atoms with Crippen LogP contribution in [0.15, 0.2) is 48.5 Å². The third kappa shape index (κ3) is 4.73. The maximum atomic E-state index is 13.5. The van der Waals surface area contributed by atoms with Gasteiger partial charge in [0.05, 0.1) is 9.85 Å². The molecule has 6 atom stereocenters. The Morgan fingerprint density at radius 3 is 1.33 bits per heavy atom. The molecule has 2 aromatic carbocycles. The van der Waals surface area contributed by atoms with E-state index >= 15 is 0 Å². The van der Waals surface area contributed by atoms with Gasteiger partial charge in [0.1, 0.15) is 12.2 Å². The van der Waals surface area contributed by atoms with Crippen LogP contribution in [0.1, 0.15) is 51.0 Å². The van der Waals surface area contributed by atoms with E-state index in [1.807, 2.05) is 13.8 Å². The average Bonchev–Trinajstić information content (AvgIpc) is 3.79. The van der Waals surface area contributed by atoms with Gasteiger partial charge in [-0.15, -0.1) is 0 Å². The van der Waals surface area contributed by atoms with Crippen molar-refractivity contribution in [2.24, 2.45) is 0 Å². The number of carbonyl (C=O) groups excluding carboxylic acids is 2. The molecular formula is C26H30N4O9. The van der Waals surface area contributed by atoms with Gasteiger partial charge in [0.2, 0.25) is 0 Å². The summed E-state index contributed by atoms with van der Waals surface area (Å²) in [6.45, 7) is 7.81. The van der Waals surface area contributed by atoms with Gasteiger partial charge in [-0.25, -0.2) is 0 Å². The minimum absolute atomic E-state index is 0. The fraction of sp³-hybridized carbons (Fsp3) is 0.462. The van der Waals surface area contributed by atoms with Crippen molar-refractivity contribution in [3.05, 3.63) is 79.9 Å². The summed E-state index contributed by atoms with van der Waals surface area (Å²) in [4.78, 5) is 51.4. The van der Waals surface area contributed by atoms with Gasteiger partial charge in [-0.05, 0) is 63.1 Å². The highest BCUT2D eigenvalue weighted by Gasteiger charge is 2.63. The second kappa shape index (κ2) is 9.67. The zero-order valence-electron chi connectivity index (χ0n) is 21.9. The van der Waals surface area contributed by atoms with E-state index in [-0.39, 0.29) is 40.7 Å². The number of epoxide rings is 2. The molecule has 3 saturated heterocycles. The Labute approximate surface area is 223 Å². The topological polar surface area (TPSA) is 183 Å². The largest absolute Gasteiger partial charge is 0.412 e. The lowest BCUT2D eigenvalue weighted by molar-refractivity contribution is -0.385. The zero-order valence-corrected chi connectivity index (χ0v) is 21.9. The zero-order chi connectivity index (χ0) is 27.6. The summed E-state index contributed by atoms with van der Waals surface area (Å²) in [5.41, 5.74) is -0.843. The molecule has 0 spiro atoms. The van der Waals surface area contributed by atoms with Gasteiger partial charge in [0, 0.05) is 49.4 Å². The first-order chi connectivity index (χ1) is 17.9. The molecule has 0 unspecified atom stereocenters. The lowest BCUT2D eigenvalue weighted by Crippen LogP contribution is -2.62. The van der Waals surface area contributed by atoms with Crippen LogP contribution in [-0.4, -0.2) is 73.3 Å². The highest BCUT2D eigenvalue weighted by molar-refractivity contribution is 5.91. The number of nitro benzene ring substituents is 2. The SMILES string of the molecule is C[C@H]1CN(C(=O)[C@@]2(C)O[C@@H]2c2ccc([N+](=O)[O-])cc2)[C@@H](C)CN1C(=O)[C@@]1(C)O[C@@H]1c1ccc([N+](=O)[O-])cc1.O. The van der Waals surface area contributed by atoms with Crippen LogP contribution in [0.4, 0.5) is 11.4 Å². The molecule has 2 amide bonds. The van der Waals surface area contributed by atoms with Crippen molar-refractivity contribution in [1.82, 2.24) is 9.80 Å². The molecule has 13 heteroatoms. The van der Waals surface area contributed by atoms with E-state index in [9.17, 15) is 29.8 Å². The van der Waals surface area contributed by atoms with Crippen LogP contribution >= 0.6 is 0 Å². The van der Waals surface area contributed by atoms with Crippen molar-refractivity contribution in [2.45, 2.75) is 63.2 Å². The smallest absolute Gasteiger partial charge is 0.269 e. The van der Waals surface area contributed by atoms with Gasteiger partial charge in [-0.3, -0.25) is 29.8 Å². The quantitative estimate of drug-likeness (QED) is 0.303. The fourth-order valence-corrected chi connectivity index (χ4v) is 5.32. The van der Waals surface area contributed by atoms with Crippen molar-refractivity contribution in [1.29, 1.82) is 0 Å². The Hall–Kier alpha value is -3.94. The van der Waals surface area contributed by atoms with Gasteiger partial charge in [-0.2, -0.15) is 0 Å². The van der Waals surface area contributed by atoms with E-state index in [2.05, 4.69) is 0 Å². The van der Waals surface area contributed by atoms with Crippen LogP contribution in [0.2, 0.25) is 0 Å². The molecule has 2 aromatic rings. The average molecular weight is 543 g/mol. The monoisotopic (exact) mass is 542 g/mol. The summed E-state index contributed by atoms with van der Waals surface area (Å²) in [5.74, 6) is -0.380. The summed E-state index contributed by atoms with van der Waals surface area (Å²) >= 11 is 0. The van der Waals surface area contributed by atoms with Crippen molar-refractivity contribution >= 4 is 23.2 Å². The number of non-ortho nitro benzene ring substituents is 2. The number of nitro groups is 2. The van der Waals surface area contributed by atoms with E-state index < -0.39 is 33.3 Å². The van der Waals surface area contributed by atoms with Gasteiger partial charge in [0.25, 0.3) is 23.2 Å². The minimum Gasteiger partial charge on any atom is -0.412 e. The third-order valence-electron chi connectivity index (χ3n) is 7.78. The van der Waals surface area contributed by atoms with Crippen LogP contribution in [-0.2, 0) is 19.1 Å².